The summed E-state index contributed by atoms with van der Waals surface area (Å²) in [5, 5.41) is 15.0. The lowest BCUT2D eigenvalue weighted by Crippen LogP contribution is -2.20. The van der Waals surface area contributed by atoms with Crippen LogP contribution in [0.15, 0.2) is 224 Å². The van der Waals surface area contributed by atoms with Crippen LogP contribution in [0.25, 0.3) is 94.4 Å². The molecular weight excluding hydrogens is 849 g/mol. The molecule has 0 saturated heterocycles. The molecule has 7 nitrogen and oxygen atoms in total. The fourth-order valence-corrected chi connectivity index (χ4v) is 10.2. The number of hydrogen-bond donors (Lipinski definition) is 1. The molecule has 2 aromatic heterocycles. The first-order chi connectivity index (χ1) is 34.1. The maximum Gasteiger partial charge on any atom is 0.235 e. The zero-order valence-corrected chi connectivity index (χ0v) is 36.9. The monoisotopic (exact) mass is 886 g/mol. The van der Waals surface area contributed by atoms with E-state index in [0.717, 1.165) is 99.8 Å². The lowest BCUT2D eigenvalue weighted by molar-refractivity contribution is 0.434. The van der Waals surface area contributed by atoms with Crippen molar-refractivity contribution in [2.75, 3.05) is 4.90 Å². The van der Waals surface area contributed by atoms with Gasteiger partial charge in [0.05, 0.1) is 27.9 Å². The van der Waals surface area contributed by atoms with Crippen molar-refractivity contribution in [1.29, 1.82) is 0 Å². The molecule has 7 heteroatoms. The molecule has 69 heavy (non-hydrogen) atoms. The van der Waals surface area contributed by atoms with Gasteiger partial charge in [-0.25, -0.2) is 9.97 Å². The third-order valence-electron chi connectivity index (χ3n) is 13.4. The number of aromatic hydroxyl groups is 1. The highest BCUT2D eigenvalue weighted by molar-refractivity contribution is 6.11. The van der Waals surface area contributed by atoms with Crippen LogP contribution < -0.4 is 14.4 Å². The minimum atomic E-state index is 0.108. The van der Waals surface area contributed by atoms with Gasteiger partial charge in [0.1, 0.15) is 17.1 Å². The molecule has 0 radical (unpaired) electrons. The van der Waals surface area contributed by atoms with Crippen LogP contribution in [0, 0.1) is 0 Å². The van der Waals surface area contributed by atoms with Gasteiger partial charge in [-0.1, -0.05) is 158 Å². The number of anilines is 3. The Hall–Kier alpha value is -9.46. The van der Waals surface area contributed by atoms with Gasteiger partial charge in [-0.15, -0.1) is 0 Å². The smallest absolute Gasteiger partial charge is 0.235 e. The normalized spacial score (nSPS) is 12.3. The van der Waals surface area contributed by atoms with E-state index in [4.69, 9.17) is 19.4 Å². The molecule has 324 valence electrons. The van der Waals surface area contributed by atoms with E-state index in [-0.39, 0.29) is 5.75 Å². The highest BCUT2D eigenvalue weighted by Crippen LogP contribution is 2.63. The van der Waals surface area contributed by atoms with Gasteiger partial charge in [-0.2, -0.15) is 0 Å². The molecule has 0 atom stereocenters. The molecule has 4 heterocycles. The van der Waals surface area contributed by atoms with E-state index < -0.39 is 0 Å². The summed E-state index contributed by atoms with van der Waals surface area (Å²) in [5.74, 6) is 3.16. The van der Waals surface area contributed by atoms with Crippen molar-refractivity contribution in [3.63, 3.8) is 0 Å². The number of nitrogens with zero attached hydrogens (tertiary/aromatic N) is 4. The van der Waals surface area contributed by atoms with Crippen LogP contribution in [-0.2, 0) is 0 Å². The molecule has 10 aromatic carbocycles. The van der Waals surface area contributed by atoms with Gasteiger partial charge in [0.25, 0.3) is 0 Å². The van der Waals surface area contributed by atoms with E-state index in [1.54, 1.807) is 0 Å². The van der Waals surface area contributed by atoms with Crippen molar-refractivity contribution in [1.82, 2.24) is 14.5 Å². The summed E-state index contributed by atoms with van der Waals surface area (Å²) in [7, 11) is 0. The van der Waals surface area contributed by atoms with Crippen LogP contribution in [0.2, 0.25) is 0 Å². The van der Waals surface area contributed by atoms with Crippen molar-refractivity contribution in [3.05, 3.63) is 224 Å². The summed E-state index contributed by atoms with van der Waals surface area (Å²) in [4.78, 5) is 12.7. The second kappa shape index (κ2) is 15.3. The molecule has 2 aliphatic heterocycles. The Balaban J connectivity index is 0.930. The molecule has 0 aliphatic carbocycles. The Kier molecular flexibility index (Phi) is 8.60. The molecule has 14 rings (SSSR count). The Bertz CT molecular complexity index is 4020. The van der Waals surface area contributed by atoms with Crippen LogP contribution in [0.1, 0.15) is 0 Å². The topological polar surface area (TPSA) is 72.6 Å². The number of para-hydroxylation sites is 2. The van der Waals surface area contributed by atoms with Gasteiger partial charge in [-0.05, 0) is 111 Å². The van der Waals surface area contributed by atoms with E-state index in [2.05, 4.69) is 155 Å². The van der Waals surface area contributed by atoms with Gasteiger partial charge >= 0.3 is 0 Å². The Labute approximate surface area is 397 Å². The van der Waals surface area contributed by atoms with Crippen molar-refractivity contribution < 1.29 is 14.6 Å². The van der Waals surface area contributed by atoms with Crippen LogP contribution in [0.3, 0.4) is 0 Å². The zero-order chi connectivity index (χ0) is 45.6. The molecule has 2 aliphatic rings. The first-order valence-electron chi connectivity index (χ1n) is 23.0. The first-order valence-corrected chi connectivity index (χ1v) is 23.0. The molecule has 0 saturated carbocycles. The minimum absolute atomic E-state index is 0.108. The lowest BCUT2D eigenvalue weighted by atomic mass is 9.97. The molecule has 1 N–H and O–H groups in total. The highest BCUT2D eigenvalue weighted by atomic mass is 16.5. The standard InChI is InChI=1S/C62H38N4O3/c67-54-33-45(40-19-8-3-9-20-40)35-56-60(54)66-53-30-28-43(39-17-6-2-7-18-39)34-55(53)68-57-36-46(37-58(69-56)61(57)66)42-27-29-52-49(32-42)47-23-11-13-26-51(47)65(52)62-63-50-25-12-10-24-48(50)59(64-62)44-22-14-21-41(31-44)38-15-4-1-5-16-38/h1-37,67H. The van der Waals surface area contributed by atoms with Crippen LogP contribution in [0.5, 0.6) is 28.7 Å². The van der Waals surface area contributed by atoms with Crippen molar-refractivity contribution in [3.8, 4) is 90.5 Å². The number of hydrogen-bond acceptors (Lipinski definition) is 6. The summed E-state index contributed by atoms with van der Waals surface area (Å²) in [6, 6.07) is 76.8. The number of ether oxygens (including phenoxy) is 2. The van der Waals surface area contributed by atoms with Crippen LogP contribution >= 0.6 is 0 Å². The van der Waals surface area contributed by atoms with Crippen molar-refractivity contribution in [2.24, 2.45) is 0 Å². The van der Waals surface area contributed by atoms with E-state index in [9.17, 15) is 5.11 Å². The van der Waals surface area contributed by atoms with E-state index >= 15 is 0 Å². The van der Waals surface area contributed by atoms with E-state index in [0.29, 0.717) is 34.6 Å². The molecule has 0 unspecified atom stereocenters. The third-order valence-corrected chi connectivity index (χ3v) is 13.4. The molecule has 12 aromatic rings. The van der Waals surface area contributed by atoms with Gasteiger partial charge in [-0.3, -0.25) is 9.47 Å². The minimum Gasteiger partial charge on any atom is -0.506 e. The van der Waals surface area contributed by atoms with E-state index in [1.807, 2.05) is 78.9 Å². The van der Waals surface area contributed by atoms with Gasteiger partial charge in [0.15, 0.2) is 23.0 Å². The fourth-order valence-electron chi connectivity index (χ4n) is 10.2. The van der Waals surface area contributed by atoms with Crippen molar-refractivity contribution >= 4 is 49.8 Å². The summed E-state index contributed by atoms with van der Waals surface area (Å²) in [6.07, 6.45) is 0. The fraction of sp³-hybridized carbons (Fsp3) is 0. The Morgan fingerprint density at radius 3 is 1.61 bits per heavy atom. The second-order valence-corrected chi connectivity index (χ2v) is 17.5. The maximum absolute atomic E-state index is 11.9. The lowest BCUT2D eigenvalue weighted by Gasteiger charge is -2.38. The zero-order valence-electron chi connectivity index (χ0n) is 36.9. The second-order valence-electron chi connectivity index (χ2n) is 17.5. The molecule has 0 fully saturated rings. The largest absolute Gasteiger partial charge is 0.506 e. The number of phenols is 1. The first kappa shape index (κ1) is 38.8. The van der Waals surface area contributed by atoms with Gasteiger partial charge in [0, 0.05) is 21.7 Å². The van der Waals surface area contributed by atoms with E-state index in [1.165, 1.54) is 0 Å². The number of benzene rings is 10. The quantitative estimate of drug-likeness (QED) is 0.179. The molecular formula is C62H38N4O3. The molecule has 0 bridgehead atoms. The predicted molar refractivity (Wildman–Crippen MR) is 278 cm³/mol. The summed E-state index contributed by atoms with van der Waals surface area (Å²) < 4.78 is 16.0. The summed E-state index contributed by atoms with van der Waals surface area (Å²) in [6.45, 7) is 0. The van der Waals surface area contributed by atoms with Gasteiger partial charge < -0.3 is 14.6 Å². The Morgan fingerprint density at radius 1 is 0.348 bits per heavy atom. The van der Waals surface area contributed by atoms with Crippen LogP contribution in [0.4, 0.5) is 17.1 Å². The highest BCUT2D eigenvalue weighted by Gasteiger charge is 2.38. The SMILES string of the molecule is Oc1cc(-c2ccccc2)cc2c1N1c3ccc(-c4ccccc4)cc3Oc3cc(-c4ccc5c(c4)c4ccccc4n5-c4nc(-c5cccc(-c6ccccc6)c5)c5ccccc5n4)cc(c31)O2. The predicted octanol–water partition coefficient (Wildman–Crippen LogP) is 16.4. The van der Waals surface area contributed by atoms with Crippen molar-refractivity contribution in [2.45, 2.75) is 0 Å². The summed E-state index contributed by atoms with van der Waals surface area (Å²) in [5.41, 5.74) is 14.9. The Morgan fingerprint density at radius 2 is 0.870 bits per heavy atom. The van der Waals surface area contributed by atoms with Gasteiger partial charge in [0.2, 0.25) is 5.95 Å². The average Bonchev–Trinajstić information content (AvgIpc) is 3.74. The molecule has 0 spiro atoms. The average molecular weight is 887 g/mol. The maximum atomic E-state index is 11.9. The number of aromatic nitrogens is 3. The number of rotatable bonds is 6. The van der Waals surface area contributed by atoms with Crippen LogP contribution in [-0.4, -0.2) is 19.6 Å². The number of phenolic OH excluding ortho intramolecular Hbond substituents is 1. The molecule has 0 amide bonds. The summed E-state index contributed by atoms with van der Waals surface area (Å²) >= 11 is 0. The third kappa shape index (κ3) is 6.29. The number of fused-ring (bicyclic) bond motifs is 8.